The number of carboxylic acid groups (broad SMARTS) is 1. The number of hydrogen-bond acceptors (Lipinski definition) is 5. The average Bonchev–Trinajstić information content (AvgIpc) is 2.74. The van der Waals surface area contributed by atoms with E-state index in [0.717, 1.165) is 10.6 Å². The van der Waals surface area contributed by atoms with Crippen LogP contribution in [0.4, 0.5) is 11.4 Å². The summed E-state index contributed by atoms with van der Waals surface area (Å²) in [6.45, 7) is 2.61. The number of benzene rings is 1. The van der Waals surface area contributed by atoms with Crippen molar-refractivity contribution in [1.82, 2.24) is 4.98 Å². The molecule has 0 fully saturated rings. The van der Waals surface area contributed by atoms with Crippen molar-refractivity contribution in [1.29, 1.82) is 0 Å². The number of nitrogens with two attached hydrogens (primary N) is 1. The fourth-order valence-electron chi connectivity index (χ4n) is 1.85. The van der Waals surface area contributed by atoms with Gasteiger partial charge in [0, 0.05) is 11.9 Å². The Kier molecular flexibility index (Phi) is 3.71. The Morgan fingerprint density at radius 1 is 1.53 bits per heavy atom. The molecule has 0 saturated carbocycles. The highest BCUT2D eigenvalue weighted by molar-refractivity contribution is 7.09. The SMILES string of the molecule is Cc1ncsc1CN(C)c1cccc(C(=O)O)c1N. The molecule has 0 unspecified atom stereocenters. The minimum Gasteiger partial charge on any atom is -0.478 e. The summed E-state index contributed by atoms with van der Waals surface area (Å²) in [5.41, 5.74) is 9.85. The maximum Gasteiger partial charge on any atom is 0.337 e. The number of thiazole rings is 1. The van der Waals surface area contributed by atoms with E-state index >= 15 is 0 Å². The molecule has 0 aliphatic heterocycles. The molecule has 0 amide bonds. The predicted octanol–water partition coefficient (Wildman–Crippen LogP) is 2.37. The zero-order valence-electron chi connectivity index (χ0n) is 10.8. The van der Waals surface area contributed by atoms with E-state index in [4.69, 9.17) is 10.8 Å². The number of nitrogen functional groups attached to an aromatic ring is 1. The van der Waals surface area contributed by atoms with E-state index in [1.54, 1.807) is 22.9 Å². The maximum atomic E-state index is 11.1. The van der Waals surface area contributed by atoms with Crippen LogP contribution in [0.5, 0.6) is 0 Å². The standard InChI is InChI=1S/C13H15N3O2S/c1-8-11(19-7-15-8)6-16(2)10-5-3-4-9(12(10)14)13(17)18/h3-5,7H,6,14H2,1-2H3,(H,17,18). The van der Waals surface area contributed by atoms with Gasteiger partial charge in [0.1, 0.15) is 0 Å². The van der Waals surface area contributed by atoms with Crippen LogP contribution in [-0.4, -0.2) is 23.1 Å². The molecule has 0 bridgehead atoms. The predicted molar refractivity (Wildman–Crippen MR) is 76.8 cm³/mol. The number of anilines is 2. The average molecular weight is 277 g/mol. The molecular weight excluding hydrogens is 262 g/mol. The normalized spacial score (nSPS) is 10.4. The summed E-state index contributed by atoms with van der Waals surface area (Å²) >= 11 is 1.58. The van der Waals surface area contributed by atoms with Crippen molar-refractivity contribution in [3.05, 3.63) is 39.8 Å². The van der Waals surface area contributed by atoms with Gasteiger partial charge in [0.15, 0.2) is 0 Å². The summed E-state index contributed by atoms with van der Waals surface area (Å²) < 4.78 is 0. The van der Waals surface area contributed by atoms with Gasteiger partial charge in [0.25, 0.3) is 0 Å². The molecule has 1 aromatic heterocycles. The van der Waals surface area contributed by atoms with Crippen LogP contribution in [0.3, 0.4) is 0 Å². The lowest BCUT2D eigenvalue weighted by Gasteiger charge is -2.21. The number of rotatable bonds is 4. The van der Waals surface area contributed by atoms with Crippen molar-refractivity contribution in [2.45, 2.75) is 13.5 Å². The minimum atomic E-state index is -1.01. The van der Waals surface area contributed by atoms with Gasteiger partial charge in [-0.25, -0.2) is 9.78 Å². The van der Waals surface area contributed by atoms with Gasteiger partial charge in [-0.2, -0.15) is 0 Å². The number of para-hydroxylation sites is 1. The van der Waals surface area contributed by atoms with E-state index in [1.807, 2.05) is 24.9 Å². The van der Waals surface area contributed by atoms with E-state index in [2.05, 4.69) is 4.98 Å². The lowest BCUT2D eigenvalue weighted by atomic mass is 10.1. The van der Waals surface area contributed by atoms with Crippen molar-refractivity contribution in [3.63, 3.8) is 0 Å². The van der Waals surface area contributed by atoms with Crippen molar-refractivity contribution in [3.8, 4) is 0 Å². The fourth-order valence-corrected chi connectivity index (χ4v) is 2.68. The molecule has 0 aliphatic rings. The summed E-state index contributed by atoms with van der Waals surface area (Å²) in [5.74, 6) is -1.01. The third-order valence-corrected chi connectivity index (χ3v) is 3.87. The number of carboxylic acids is 1. The molecule has 3 N–H and O–H groups in total. The maximum absolute atomic E-state index is 11.1. The van der Waals surface area contributed by atoms with Crippen molar-refractivity contribution in [2.75, 3.05) is 17.7 Å². The molecule has 1 heterocycles. The van der Waals surface area contributed by atoms with Gasteiger partial charge in [-0.15, -0.1) is 11.3 Å². The third kappa shape index (κ3) is 2.68. The Morgan fingerprint density at radius 3 is 2.84 bits per heavy atom. The second kappa shape index (κ2) is 5.27. The second-order valence-electron chi connectivity index (χ2n) is 4.26. The van der Waals surface area contributed by atoms with Gasteiger partial charge in [-0.05, 0) is 19.1 Å². The molecule has 2 rings (SSSR count). The summed E-state index contributed by atoms with van der Waals surface area (Å²) in [7, 11) is 1.89. The number of carbonyl (C=O) groups is 1. The van der Waals surface area contributed by atoms with Gasteiger partial charge < -0.3 is 15.7 Å². The van der Waals surface area contributed by atoms with Crippen LogP contribution in [-0.2, 0) is 6.54 Å². The molecule has 0 saturated heterocycles. The van der Waals surface area contributed by atoms with E-state index in [-0.39, 0.29) is 5.56 Å². The summed E-state index contributed by atoms with van der Waals surface area (Å²) in [6, 6.07) is 5.02. The zero-order chi connectivity index (χ0) is 14.0. The molecule has 1 aromatic carbocycles. The smallest absolute Gasteiger partial charge is 0.337 e. The summed E-state index contributed by atoms with van der Waals surface area (Å²) in [6.07, 6.45) is 0. The largest absolute Gasteiger partial charge is 0.478 e. The van der Waals surface area contributed by atoms with Crippen LogP contribution < -0.4 is 10.6 Å². The fraction of sp³-hybridized carbons (Fsp3) is 0.231. The quantitative estimate of drug-likeness (QED) is 0.839. The van der Waals surface area contributed by atoms with Crippen LogP contribution in [0.2, 0.25) is 0 Å². The summed E-state index contributed by atoms with van der Waals surface area (Å²) in [5, 5.41) is 9.07. The molecular formula is C13H15N3O2S. The first kappa shape index (κ1) is 13.4. The van der Waals surface area contributed by atoms with Crippen molar-refractivity contribution < 1.29 is 9.90 Å². The minimum absolute atomic E-state index is 0.130. The highest BCUT2D eigenvalue weighted by atomic mass is 32.1. The zero-order valence-corrected chi connectivity index (χ0v) is 11.6. The van der Waals surface area contributed by atoms with Crippen molar-refractivity contribution in [2.24, 2.45) is 0 Å². The topological polar surface area (TPSA) is 79.5 Å². The molecule has 2 aromatic rings. The van der Waals surface area contributed by atoms with Gasteiger partial charge in [-0.3, -0.25) is 0 Å². The Labute approximate surface area is 115 Å². The number of aromatic carboxylic acids is 1. The van der Waals surface area contributed by atoms with Crippen LogP contribution >= 0.6 is 11.3 Å². The first-order valence-corrected chi connectivity index (χ1v) is 6.60. The Bertz CT molecular complexity index is 610. The number of aryl methyl sites for hydroxylation is 1. The molecule has 6 heteroatoms. The van der Waals surface area contributed by atoms with Crippen LogP contribution in [0, 0.1) is 6.92 Å². The van der Waals surface area contributed by atoms with Crippen molar-refractivity contribution >= 4 is 28.7 Å². The van der Waals surface area contributed by atoms with E-state index in [1.165, 1.54) is 6.07 Å². The lowest BCUT2D eigenvalue weighted by molar-refractivity contribution is 0.0698. The van der Waals surface area contributed by atoms with Gasteiger partial charge in [0.2, 0.25) is 0 Å². The first-order chi connectivity index (χ1) is 9.00. The summed E-state index contributed by atoms with van der Waals surface area (Å²) in [4.78, 5) is 18.3. The van der Waals surface area contributed by atoms with Crippen LogP contribution in [0.15, 0.2) is 23.7 Å². The van der Waals surface area contributed by atoms with Gasteiger partial charge in [0.05, 0.1) is 34.7 Å². The van der Waals surface area contributed by atoms with E-state index < -0.39 is 5.97 Å². The monoisotopic (exact) mass is 277 g/mol. The number of nitrogens with zero attached hydrogens (tertiary/aromatic N) is 2. The van der Waals surface area contributed by atoms with Crippen LogP contribution in [0.25, 0.3) is 0 Å². The molecule has 0 radical (unpaired) electrons. The highest BCUT2D eigenvalue weighted by Gasteiger charge is 2.14. The number of aromatic nitrogens is 1. The molecule has 0 spiro atoms. The van der Waals surface area contributed by atoms with E-state index in [9.17, 15) is 4.79 Å². The first-order valence-electron chi connectivity index (χ1n) is 5.72. The Balaban J connectivity index is 2.29. The molecule has 0 aliphatic carbocycles. The molecule has 0 atom stereocenters. The molecule has 5 nitrogen and oxygen atoms in total. The van der Waals surface area contributed by atoms with Gasteiger partial charge >= 0.3 is 5.97 Å². The molecule has 100 valence electrons. The second-order valence-corrected chi connectivity index (χ2v) is 5.20. The third-order valence-electron chi connectivity index (χ3n) is 2.95. The van der Waals surface area contributed by atoms with E-state index in [0.29, 0.717) is 17.9 Å². The number of hydrogen-bond donors (Lipinski definition) is 2. The Morgan fingerprint density at radius 2 is 2.26 bits per heavy atom. The lowest BCUT2D eigenvalue weighted by Crippen LogP contribution is -2.19. The highest BCUT2D eigenvalue weighted by Crippen LogP contribution is 2.28. The Hall–Kier alpha value is -2.08. The molecule has 19 heavy (non-hydrogen) atoms. The van der Waals surface area contributed by atoms with Crippen LogP contribution in [0.1, 0.15) is 20.9 Å². The van der Waals surface area contributed by atoms with Gasteiger partial charge in [-0.1, -0.05) is 6.07 Å².